The number of carbonyl (C=O) groups excluding carboxylic acids is 2. The number of nitrogens with one attached hydrogen (secondary N) is 2. The largest absolute Gasteiger partial charge is 0.325 e. The minimum atomic E-state index is -0.376. The molecule has 7 heteroatoms. The van der Waals surface area contributed by atoms with E-state index in [2.05, 4.69) is 10.6 Å². The summed E-state index contributed by atoms with van der Waals surface area (Å²) in [5, 5.41) is 7.42. The molecule has 0 unspecified atom stereocenters. The minimum Gasteiger partial charge on any atom is -0.325 e. The van der Waals surface area contributed by atoms with E-state index in [1.54, 1.807) is 35.6 Å². The first-order chi connectivity index (χ1) is 12.6. The van der Waals surface area contributed by atoms with E-state index < -0.39 is 0 Å². The Kier molecular flexibility index (Phi) is 6.04. The summed E-state index contributed by atoms with van der Waals surface area (Å²) in [6.45, 7) is 0. The van der Waals surface area contributed by atoms with Gasteiger partial charge in [-0.05, 0) is 47.8 Å². The van der Waals surface area contributed by atoms with Gasteiger partial charge in [0, 0.05) is 5.69 Å². The van der Waals surface area contributed by atoms with Gasteiger partial charge in [-0.25, -0.2) is 4.39 Å². The standard InChI is InChI=1S/C19H15FN2O2S2/c20-13-7-9-14(10-8-13)21-19(24)15-4-1-2-5-16(15)22-17(23)12-26-18-6-3-11-25-18/h1-11H,12H2,(H,21,24)(H,22,23). The van der Waals surface area contributed by atoms with Crippen LogP contribution in [0.2, 0.25) is 0 Å². The number of anilines is 2. The number of para-hydroxylation sites is 1. The van der Waals surface area contributed by atoms with Crippen LogP contribution in [0.25, 0.3) is 0 Å². The summed E-state index contributed by atoms with van der Waals surface area (Å²) in [6, 6.07) is 16.1. The highest BCUT2D eigenvalue weighted by Gasteiger charge is 2.13. The number of hydrogen-bond acceptors (Lipinski definition) is 4. The van der Waals surface area contributed by atoms with Gasteiger partial charge < -0.3 is 10.6 Å². The Bertz CT molecular complexity index is 896. The molecule has 1 heterocycles. The fourth-order valence-corrected chi connectivity index (χ4v) is 3.77. The Balaban J connectivity index is 1.66. The van der Waals surface area contributed by atoms with Crippen LogP contribution in [-0.2, 0) is 4.79 Å². The molecule has 132 valence electrons. The van der Waals surface area contributed by atoms with Crippen LogP contribution in [0.15, 0.2) is 70.3 Å². The quantitative estimate of drug-likeness (QED) is 0.594. The summed E-state index contributed by atoms with van der Waals surface area (Å²) in [7, 11) is 0. The zero-order valence-corrected chi connectivity index (χ0v) is 15.2. The van der Waals surface area contributed by atoms with E-state index in [4.69, 9.17) is 0 Å². The molecule has 0 fully saturated rings. The third kappa shape index (κ3) is 4.93. The second-order valence-corrected chi connectivity index (χ2v) is 7.50. The number of halogens is 1. The highest BCUT2D eigenvalue weighted by molar-refractivity contribution is 8.01. The molecule has 4 nitrogen and oxygen atoms in total. The van der Waals surface area contributed by atoms with Gasteiger partial charge in [0.25, 0.3) is 5.91 Å². The average Bonchev–Trinajstić information content (AvgIpc) is 3.16. The summed E-state index contributed by atoms with van der Waals surface area (Å²) in [6.07, 6.45) is 0. The highest BCUT2D eigenvalue weighted by Crippen LogP contribution is 2.24. The fraction of sp³-hybridized carbons (Fsp3) is 0.0526. The number of rotatable bonds is 6. The molecule has 0 bridgehead atoms. The maximum absolute atomic E-state index is 13.0. The van der Waals surface area contributed by atoms with Crippen LogP contribution in [0.4, 0.5) is 15.8 Å². The van der Waals surface area contributed by atoms with Crippen molar-refractivity contribution in [1.29, 1.82) is 0 Å². The van der Waals surface area contributed by atoms with Crippen LogP contribution in [0.5, 0.6) is 0 Å². The number of thiophene rings is 1. The molecule has 0 aliphatic carbocycles. The Morgan fingerprint density at radius 3 is 2.46 bits per heavy atom. The SMILES string of the molecule is O=C(CSc1cccs1)Nc1ccccc1C(=O)Nc1ccc(F)cc1. The van der Waals surface area contributed by atoms with E-state index >= 15 is 0 Å². The minimum absolute atomic E-state index is 0.189. The summed E-state index contributed by atoms with van der Waals surface area (Å²) >= 11 is 3.02. The van der Waals surface area contributed by atoms with Crippen molar-refractivity contribution >= 4 is 46.3 Å². The van der Waals surface area contributed by atoms with E-state index in [9.17, 15) is 14.0 Å². The first kappa shape index (κ1) is 18.2. The lowest BCUT2D eigenvalue weighted by atomic mass is 10.1. The molecule has 0 saturated heterocycles. The Labute approximate surface area is 158 Å². The van der Waals surface area contributed by atoms with E-state index in [0.717, 1.165) is 4.21 Å². The van der Waals surface area contributed by atoms with Gasteiger partial charge in [-0.15, -0.1) is 23.1 Å². The molecule has 1 aromatic heterocycles. The van der Waals surface area contributed by atoms with Crippen LogP contribution in [0.3, 0.4) is 0 Å². The Morgan fingerprint density at radius 2 is 1.73 bits per heavy atom. The van der Waals surface area contributed by atoms with Crippen LogP contribution < -0.4 is 10.6 Å². The molecule has 0 radical (unpaired) electrons. The third-order valence-corrected chi connectivity index (χ3v) is 5.52. The van der Waals surface area contributed by atoms with Crippen LogP contribution >= 0.6 is 23.1 Å². The third-order valence-electron chi connectivity index (χ3n) is 3.39. The zero-order chi connectivity index (χ0) is 18.4. The van der Waals surface area contributed by atoms with Crippen molar-refractivity contribution in [2.24, 2.45) is 0 Å². The molecule has 0 atom stereocenters. The van der Waals surface area contributed by atoms with E-state index in [0.29, 0.717) is 16.9 Å². The molecule has 0 aliphatic heterocycles. The van der Waals surface area contributed by atoms with Gasteiger partial charge in [-0.3, -0.25) is 9.59 Å². The topological polar surface area (TPSA) is 58.2 Å². The maximum Gasteiger partial charge on any atom is 0.257 e. The van der Waals surface area contributed by atoms with Crippen molar-refractivity contribution in [3.05, 3.63) is 77.4 Å². The highest BCUT2D eigenvalue weighted by atomic mass is 32.2. The van der Waals surface area contributed by atoms with Gasteiger partial charge in [-0.1, -0.05) is 18.2 Å². The number of carbonyl (C=O) groups is 2. The van der Waals surface area contributed by atoms with Crippen molar-refractivity contribution in [3.8, 4) is 0 Å². The van der Waals surface area contributed by atoms with Crippen LogP contribution in [0, 0.1) is 5.82 Å². The second kappa shape index (κ2) is 8.64. The van der Waals surface area contributed by atoms with Crippen molar-refractivity contribution in [1.82, 2.24) is 0 Å². The fourth-order valence-electron chi connectivity index (χ4n) is 2.19. The first-order valence-corrected chi connectivity index (χ1v) is 9.60. The smallest absolute Gasteiger partial charge is 0.257 e. The lowest BCUT2D eigenvalue weighted by Crippen LogP contribution is -2.19. The molecule has 3 rings (SSSR count). The molecule has 0 spiro atoms. The summed E-state index contributed by atoms with van der Waals surface area (Å²) in [5.74, 6) is -0.684. The zero-order valence-electron chi connectivity index (χ0n) is 13.6. The predicted octanol–water partition coefficient (Wildman–Crippen LogP) is 4.87. The van der Waals surface area contributed by atoms with Crippen molar-refractivity contribution < 1.29 is 14.0 Å². The molecule has 0 aliphatic rings. The van der Waals surface area contributed by atoms with Crippen LogP contribution in [0.1, 0.15) is 10.4 Å². The van der Waals surface area contributed by atoms with Gasteiger partial charge >= 0.3 is 0 Å². The number of benzene rings is 2. The molecule has 26 heavy (non-hydrogen) atoms. The molecular formula is C19H15FN2O2S2. The molecule has 0 saturated carbocycles. The monoisotopic (exact) mass is 386 g/mol. The van der Waals surface area contributed by atoms with E-state index in [-0.39, 0.29) is 23.4 Å². The Hall–Kier alpha value is -2.64. The lowest BCUT2D eigenvalue weighted by molar-refractivity contribution is -0.113. The molecule has 3 aromatic rings. The summed E-state index contributed by atoms with van der Waals surface area (Å²) in [4.78, 5) is 24.7. The van der Waals surface area contributed by atoms with Gasteiger partial charge in [0.05, 0.1) is 21.2 Å². The van der Waals surface area contributed by atoms with E-state index in [1.807, 2.05) is 17.5 Å². The number of hydrogen-bond donors (Lipinski definition) is 2. The van der Waals surface area contributed by atoms with Crippen molar-refractivity contribution in [3.63, 3.8) is 0 Å². The van der Waals surface area contributed by atoms with Crippen molar-refractivity contribution in [2.45, 2.75) is 4.21 Å². The molecule has 2 N–H and O–H groups in total. The van der Waals surface area contributed by atoms with Gasteiger partial charge in [0.1, 0.15) is 5.82 Å². The predicted molar refractivity (Wildman–Crippen MR) is 104 cm³/mol. The molecular weight excluding hydrogens is 371 g/mol. The second-order valence-electron chi connectivity index (χ2n) is 5.28. The lowest BCUT2D eigenvalue weighted by Gasteiger charge is -2.11. The Morgan fingerprint density at radius 1 is 0.962 bits per heavy atom. The molecule has 2 aromatic carbocycles. The van der Waals surface area contributed by atoms with Gasteiger partial charge in [0.15, 0.2) is 0 Å². The molecule has 2 amide bonds. The van der Waals surface area contributed by atoms with Gasteiger partial charge in [0.2, 0.25) is 5.91 Å². The summed E-state index contributed by atoms with van der Waals surface area (Å²) in [5.41, 5.74) is 1.25. The average molecular weight is 386 g/mol. The number of amides is 2. The van der Waals surface area contributed by atoms with Crippen molar-refractivity contribution in [2.75, 3.05) is 16.4 Å². The summed E-state index contributed by atoms with van der Waals surface area (Å²) < 4.78 is 14.0. The maximum atomic E-state index is 13.0. The first-order valence-electron chi connectivity index (χ1n) is 7.74. The van der Waals surface area contributed by atoms with Crippen LogP contribution in [-0.4, -0.2) is 17.6 Å². The van der Waals surface area contributed by atoms with E-state index in [1.165, 1.54) is 36.0 Å². The number of thioether (sulfide) groups is 1. The normalized spacial score (nSPS) is 10.3. The van der Waals surface area contributed by atoms with Gasteiger partial charge in [-0.2, -0.15) is 0 Å².